The highest BCUT2D eigenvalue weighted by Crippen LogP contribution is 2.34. The van der Waals surface area contributed by atoms with Crippen LogP contribution in [0, 0.1) is 0 Å². The van der Waals surface area contributed by atoms with Crippen molar-refractivity contribution in [3.63, 3.8) is 0 Å². The molecule has 0 aromatic carbocycles. The number of amides is 1. The minimum Gasteiger partial charge on any atom is -0.351 e. The van der Waals surface area contributed by atoms with Gasteiger partial charge in [-0.25, -0.2) is 0 Å². The Hall–Kier alpha value is -0.570. The third-order valence-electron chi connectivity index (χ3n) is 3.04. The lowest BCUT2D eigenvalue weighted by Gasteiger charge is -2.14. The second-order valence-corrected chi connectivity index (χ2v) is 4.61. The highest BCUT2D eigenvalue weighted by atomic mass is 16.1. The van der Waals surface area contributed by atoms with E-state index in [9.17, 15) is 4.79 Å². The van der Waals surface area contributed by atoms with Crippen LogP contribution >= 0.6 is 0 Å². The second-order valence-electron chi connectivity index (χ2n) is 4.61. The monoisotopic (exact) mass is 182 g/mol. The van der Waals surface area contributed by atoms with Crippen molar-refractivity contribution in [2.45, 2.75) is 50.6 Å². The Balaban J connectivity index is 1.71. The molecule has 2 N–H and O–H groups in total. The highest BCUT2D eigenvalue weighted by Gasteiger charge is 2.38. The molecule has 1 amide bonds. The van der Waals surface area contributed by atoms with Crippen LogP contribution in [0.2, 0.25) is 0 Å². The minimum atomic E-state index is 0.148. The van der Waals surface area contributed by atoms with E-state index in [1.807, 2.05) is 0 Å². The van der Waals surface area contributed by atoms with Gasteiger partial charge in [-0.1, -0.05) is 0 Å². The van der Waals surface area contributed by atoms with Crippen LogP contribution < -0.4 is 10.6 Å². The van der Waals surface area contributed by atoms with Crippen molar-refractivity contribution in [1.29, 1.82) is 0 Å². The van der Waals surface area contributed by atoms with Crippen molar-refractivity contribution in [2.75, 3.05) is 6.54 Å². The van der Waals surface area contributed by atoms with E-state index in [0.29, 0.717) is 12.5 Å². The predicted molar refractivity (Wildman–Crippen MR) is 51.4 cm³/mol. The predicted octanol–water partition coefficient (Wildman–Crippen LogP) is 0.797. The first-order chi connectivity index (χ1) is 6.18. The molecule has 0 aromatic heterocycles. The van der Waals surface area contributed by atoms with Crippen LogP contribution in [0.4, 0.5) is 0 Å². The van der Waals surface area contributed by atoms with Crippen LogP contribution in [0.5, 0.6) is 0 Å². The van der Waals surface area contributed by atoms with Crippen molar-refractivity contribution < 1.29 is 4.79 Å². The van der Waals surface area contributed by atoms with Gasteiger partial charge >= 0.3 is 0 Å². The van der Waals surface area contributed by atoms with E-state index in [1.54, 1.807) is 0 Å². The largest absolute Gasteiger partial charge is 0.351 e. The fourth-order valence-electron chi connectivity index (χ4n) is 1.85. The van der Waals surface area contributed by atoms with Crippen LogP contribution in [-0.2, 0) is 4.79 Å². The Bertz CT molecular complexity index is 205. The van der Waals surface area contributed by atoms with Gasteiger partial charge in [-0.15, -0.1) is 0 Å². The SMILES string of the molecule is CC1(NC(=O)CC2CCCN2)CC1. The summed E-state index contributed by atoms with van der Waals surface area (Å²) in [5.74, 6) is 0.222. The molecule has 2 rings (SSSR count). The lowest BCUT2D eigenvalue weighted by Crippen LogP contribution is -2.38. The van der Waals surface area contributed by atoms with Gasteiger partial charge in [0.1, 0.15) is 0 Å². The van der Waals surface area contributed by atoms with Crippen molar-refractivity contribution in [3.05, 3.63) is 0 Å². The molecule has 2 fully saturated rings. The maximum atomic E-state index is 11.5. The molecule has 0 spiro atoms. The number of carbonyl (C=O) groups excluding carboxylic acids is 1. The van der Waals surface area contributed by atoms with E-state index in [0.717, 1.165) is 25.8 Å². The molecule has 3 nitrogen and oxygen atoms in total. The van der Waals surface area contributed by atoms with Gasteiger partial charge in [0, 0.05) is 18.0 Å². The first-order valence-corrected chi connectivity index (χ1v) is 5.22. The number of carbonyl (C=O) groups is 1. The molecule has 1 aliphatic heterocycles. The fraction of sp³-hybridized carbons (Fsp3) is 0.900. The molecule has 3 heteroatoms. The minimum absolute atomic E-state index is 0.148. The van der Waals surface area contributed by atoms with Gasteiger partial charge in [0.05, 0.1) is 0 Å². The molecule has 13 heavy (non-hydrogen) atoms. The summed E-state index contributed by atoms with van der Waals surface area (Å²) >= 11 is 0. The van der Waals surface area contributed by atoms with Crippen molar-refractivity contribution in [2.24, 2.45) is 0 Å². The Labute approximate surface area is 79.3 Å². The zero-order valence-electron chi connectivity index (χ0n) is 8.23. The van der Waals surface area contributed by atoms with Crippen LogP contribution in [-0.4, -0.2) is 24.0 Å². The third-order valence-corrected chi connectivity index (χ3v) is 3.04. The van der Waals surface area contributed by atoms with E-state index < -0.39 is 0 Å². The molecule has 1 saturated heterocycles. The van der Waals surface area contributed by atoms with Gasteiger partial charge in [0.2, 0.25) is 5.91 Å². The Morgan fingerprint density at radius 2 is 2.38 bits per heavy atom. The smallest absolute Gasteiger partial charge is 0.221 e. The van der Waals surface area contributed by atoms with E-state index in [-0.39, 0.29) is 11.4 Å². The summed E-state index contributed by atoms with van der Waals surface area (Å²) in [5, 5.41) is 6.41. The van der Waals surface area contributed by atoms with Crippen LogP contribution in [0.25, 0.3) is 0 Å². The maximum absolute atomic E-state index is 11.5. The van der Waals surface area contributed by atoms with E-state index in [4.69, 9.17) is 0 Å². The van der Waals surface area contributed by atoms with E-state index >= 15 is 0 Å². The number of hydrogen-bond donors (Lipinski definition) is 2. The number of nitrogens with one attached hydrogen (secondary N) is 2. The van der Waals surface area contributed by atoms with Crippen molar-refractivity contribution >= 4 is 5.91 Å². The summed E-state index contributed by atoms with van der Waals surface area (Å²) in [4.78, 5) is 11.5. The lowest BCUT2D eigenvalue weighted by molar-refractivity contribution is -0.122. The van der Waals surface area contributed by atoms with Gasteiger partial charge in [-0.3, -0.25) is 4.79 Å². The van der Waals surface area contributed by atoms with Gasteiger partial charge in [0.15, 0.2) is 0 Å². The van der Waals surface area contributed by atoms with Gasteiger partial charge in [-0.05, 0) is 39.2 Å². The molecular formula is C10H18N2O. The summed E-state index contributed by atoms with van der Waals surface area (Å²) in [6.45, 7) is 3.20. The molecule has 0 bridgehead atoms. The summed E-state index contributed by atoms with van der Waals surface area (Å²) in [6.07, 6.45) is 5.34. The fourth-order valence-corrected chi connectivity index (χ4v) is 1.85. The topological polar surface area (TPSA) is 41.1 Å². The van der Waals surface area contributed by atoms with Gasteiger partial charge < -0.3 is 10.6 Å². The molecule has 1 atom stereocenters. The summed E-state index contributed by atoms with van der Waals surface area (Å²) in [5.41, 5.74) is 0.148. The highest BCUT2D eigenvalue weighted by molar-refractivity contribution is 5.77. The van der Waals surface area contributed by atoms with Crippen LogP contribution in [0.3, 0.4) is 0 Å². The molecule has 2 aliphatic rings. The molecule has 1 unspecified atom stereocenters. The number of hydrogen-bond acceptors (Lipinski definition) is 2. The molecule has 1 heterocycles. The molecule has 0 aromatic rings. The van der Waals surface area contributed by atoms with E-state index in [2.05, 4.69) is 17.6 Å². The van der Waals surface area contributed by atoms with E-state index in [1.165, 1.54) is 6.42 Å². The Morgan fingerprint density at radius 3 is 2.92 bits per heavy atom. The first-order valence-electron chi connectivity index (χ1n) is 5.22. The zero-order valence-corrected chi connectivity index (χ0v) is 8.23. The second kappa shape index (κ2) is 3.29. The zero-order chi connectivity index (χ0) is 9.31. The Morgan fingerprint density at radius 1 is 1.62 bits per heavy atom. The third kappa shape index (κ3) is 2.44. The average Bonchev–Trinajstić information content (AvgIpc) is 2.61. The average molecular weight is 182 g/mol. The summed E-state index contributed by atoms with van der Waals surface area (Å²) in [6, 6.07) is 0.433. The first kappa shape index (κ1) is 9.00. The van der Waals surface area contributed by atoms with Crippen molar-refractivity contribution in [3.8, 4) is 0 Å². The van der Waals surface area contributed by atoms with Gasteiger partial charge in [-0.2, -0.15) is 0 Å². The summed E-state index contributed by atoms with van der Waals surface area (Å²) < 4.78 is 0. The molecule has 1 aliphatic carbocycles. The van der Waals surface area contributed by atoms with Crippen molar-refractivity contribution in [1.82, 2.24) is 10.6 Å². The molecule has 0 radical (unpaired) electrons. The van der Waals surface area contributed by atoms with Gasteiger partial charge in [0.25, 0.3) is 0 Å². The van der Waals surface area contributed by atoms with Crippen LogP contribution in [0.1, 0.15) is 39.0 Å². The summed E-state index contributed by atoms with van der Waals surface area (Å²) in [7, 11) is 0. The lowest BCUT2D eigenvalue weighted by atomic mass is 10.1. The maximum Gasteiger partial charge on any atom is 0.221 e. The standard InChI is InChI=1S/C10H18N2O/c1-10(4-5-10)12-9(13)7-8-3-2-6-11-8/h8,11H,2-7H2,1H3,(H,12,13). The normalized spacial score (nSPS) is 30.1. The molecule has 74 valence electrons. The quantitative estimate of drug-likeness (QED) is 0.677. The number of rotatable bonds is 3. The Kier molecular flexibility index (Phi) is 2.28. The molecular weight excluding hydrogens is 164 g/mol. The van der Waals surface area contributed by atoms with Crippen LogP contribution in [0.15, 0.2) is 0 Å². The molecule has 1 saturated carbocycles.